The average Bonchev–Trinajstić information content (AvgIpc) is 3.30. The van der Waals surface area contributed by atoms with E-state index in [0.717, 1.165) is 25.8 Å². The Kier molecular flexibility index (Phi) is 7.79. The van der Waals surface area contributed by atoms with E-state index >= 15 is 0 Å². The highest BCUT2D eigenvalue weighted by Gasteiger charge is 2.32. The molecule has 34 heavy (non-hydrogen) atoms. The van der Waals surface area contributed by atoms with Crippen LogP contribution in [0.4, 0.5) is 5.69 Å². The smallest absolute Gasteiger partial charge is 0.246 e. The minimum Gasteiger partial charge on any atom is -0.371 e. The summed E-state index contributed by atoms with van der Waals surface area (Å²) < 4.78 is 5.51. The van der Waals surface area contributed by atoms with Gasteiger partial charge in [-0.2, -0.15) is 4.98 Å². The van der Waals surface area contributed by atoms with Gasteiger partial charge in [0.15, 0.2) is 0 Å². The number of hydrogen-bond acceptors (Lipinski definition) is 5. The maximum Gasteiger partial charge on any atom is 0.246 e. The Hall–Kier alpha value is -2.57. The summed E-state index contributed by atoms with van der Waals surface area (Å²) in [6, 6.07) is 13.7. The summed E-state index contributed by atoms with van der Waals surface area (Å²) in [4.78, 5) is 22.4. The summed E-state index contributed by atoms with van der Waals surface area (Å²) in [6.45, 7) is 8.17. The van der Waals surface area contributed by atoms with Gasteiger partial charge < -0.3 is 14.3 Å². The van der Waals surface area contributed by atoms with Crippen LogP contribution in [0.1, 0.15) is 44.6 Å². The van der Waals surface area contributed by atoms with Gasteiger partial charge in [-0.05, 0) is 63.4 Å². The van der Waals surface area contributed by atoms with E-state index in [9.17, 15) is 4.79 Å². The lowest BCUT2D eigenvalue weighted by molar-refractivity contribution is -0.139. The van der Waals surface area contributed by atoms with Crippen LogP contribution < -0.4 is 4.90 Å². The largest absolute Gasteiger partial charge is 0.371 e. The fraction of sp³-hybridized carbons (Fsp3) is 0.423. The van der Waals surface area contributed by atoms with E-state index in [-0.39, 0.29) is 24.4 Å². The minimum absolute atomic E-state index is 0.0525. The summed E-state index contributed by atoms with van der Waals surface area (Å²) in [7, 11) is 0. The Balaban J connectivity index is 1.50. The molecule has 1 amide bonds. The first kappa shape index (κ1) is 24.6. The van der Waals surface area contributed by atoms with Crippen LogP contribution >= 0.6 is 23.2 Å². The van der Waals surface area contributed by atoms with Crippen molar-refractivity contribution in [1.82, 2.24) is 15.0 Å². The number of halogens is 2. The molecule has 3 aromatic rings. The Bertz CT molecular complexity index is 1130. The van der Waals surface area contributed by atoms with Crippen molar-refractivity contribution in [1.29, 1.82) is 0 Å². The molecule has 0 bridgehead atoms. The lowest BCUT2D eigenvalue weighted by Crippen LogP contribution is -2.47. The predicted molar refractivity (Wildman–Crippen MR) is 136 cm³/mol. The highest BCUT2D eigenvalue weighted by atomic mass is 35.5. The van der Waals surface area contributed by atoms with Crippen molar-refractivity contribution in [2.45, 2.75) is 52.6 Å². The molecule has 2 unspecified atom stereocenters. The van der Waals surface area contributed by atoms with Crippen molar-refractivity contribution >= 4 is 34.8 Å². The van der Waals surface area contributed by atoms with Gasteiger partial charge in [-0.25, -0.2) is 0 Å². The fourth-order valence-electron chi connectivity index (χ4n) is 4.32. The molecule has 180 valence electrons. The maximum atomic E-state index is 13.7. The van der Waals surface area contributed by atoms with E-state index in [1.165, 1.54) is 11.3 Å². The number of aryl methyl sites for hydroxylation is 1. The SMILES string of the molecule is CCC(C)N(Cc1nc(-c2ccc(Cl)cc2Cl)no1)C(=O)C1CCCN(c2ccc(C)cc2)C1. The van der Waals surface area contributed by atoms with Gasteiger partial charge in [0.1, 0.15) is 6.54 Å². The molecule has 0 aliphatic carbocycles. The molecular formula is C26H30Cl2N4O2. The number of hydrogen-bond donors (Lipinski definition) is 0. The van der Waals surface area contributed by atoms with Crippen molar-refractivity contribution in [3.63, 3.8) is 0 Å². The number of anilines is 1. The molecule has 1 saturated heterocycles. The topological polar surface area (TPSA) is 62.5 Å². The van der Waals surface area contributed by atoms with Gasteiger partial charge in [0.2, 0.25) is 17.6 Å². The summed E-state index contributed by atoms with van der Waals surface area (Å²) in [6.07, 6.45) is 2.70. The van der Waals surface area contributed by atoms with Gasteiger partial charge in [-0.15, -0.1) is 0 Å². The number of carbonyl (C=O) groups is 1. The van der Waals surface area contributed by atoms with Crippen molar-refractivity contribution in [2.24, 2.45) is 5.92 Å². The van der Waals surface area contributed by atoms with Gasteiger partial charge in [-0.3, -0.25) is 4.79 Å². The van der Waals surface area contributed by atoms with E-state index in [0.29, 0.717) is 33.9 Å². The van der Waals surface area contributed by atoms with E-state index < -0.39 is 0 Å². The molecule has 0 spiro atoms. The third-order valence-electron chi connectivity index (χ3n) is 6.52. The van der Waals surface area contributed by atoms with Crippen LogP contribution in [0.5, 0.6) is 0 Å². The van der Waals surface area contributed by atoms with E-state index in [4.69, 9.17) is 27.7 Å². The van der Waals surface area contributed by atoms with Gasteiger partial charge in [0.05, 0.1) is 10.9 Å². The van der Waals surface area contributed by atoms with Gasteiger partial charge in [0.25, 0.3) is 0 Å². The van der Waals surface area contributed by atoms with E-state index in [1.807, 2.05) is 4.90 Å². The highest BCUT2D eigenvalue weighted by molar-refractivity contribution is 6.36. The first-order valence-electron chi connectivity index (χ1n) is 11.8. The molecule has 0 N–H and O–H groups in total. The zero-order valence-corrected chi connectivity index (χ0v) is 21.3. The highest BCUT2D eigenvalue weighted by Crippen LogP contribution is 2.29. The number of piperidine rings is 1. The van der Waals surface area contributed by atoms with Crippen LogP contribution in [0.3, 0.4) is 0 Å². The molecule has 2 aromatic carbocycles. The number of amides is 1. The third kappa shape index (κ3) is 5.56. The van der Waals surface area contributed by atoms with E-state index in [2.05, 4.69) is 60.1 Å². The fourth-order valence-corrected chi connectivity index (χ4v) is 4.81. The second-order valence-corrected chi connectivity index (χ2v) is 9.82. The van der Waals surface area contributed by atoms with Gasteiger partial charge in [-0.1, -0.05) is 53.0 Å². The first-order chi connectivity index (χ1) is 16.4. The number of aromatic nitrogens is 2. The standard InChI is InChI=1S/C26H30Cl2N4O2/c1-4-18(3)32(16-24-29-25(30-34-24)22-12-9-20(27)14-23(22)28)26(33)19-6-5-13-31(15-19)21-10-7-17(2)8-11-21/h7-12,14,18-19H,4-6,13,15-16H2,1-3H3. The molecule has 1 fully saturated rings. The maximum absolute atomic E-state index is 13.7. The number of carbonyl (C=O) groups excluding carboxylic acids is 1. The molecule has 2 heterocycles. The van der Waals surface area contributed by atoms with Crippen molar-refractivity contribution in [3.05, 3.63) is 64.0 Å². The second kappa shape index (κ2) is 10.8. The molecule has 0 radical (unpaired) electrons. The quantitative estimate of drug-likeness (QED) is 0.375. The average molecular weight is 501 g/mol. The van der Waals surface area contributed by atoms with Crippen molar-refractivity contribution in [2.75, 3.05) is 18.0 Å². The lowest BCUT2D eigenvalue weighted by Gasteiger charge is -2.37. The second-order valence-electron chi connectivity index (χ2n) is 8.98. The molecule has 1 aliphatic heterocycles. The van der Waals surface area contributed by atoms with Crippen molar-refractivity contribution < 1.29 is 9.32 Å². The van der Waals surface area contributed by atoms with Gasteiger partial charge >= 0.3 is 0 Å². The Morgan fingerprint density at radius 1 is 1.24 bits per heavy atom. The summed E-state index contributed by atoms with van der Waals surface area (Å²) in [5.41, 5.74) is 3.04. The molecular weight excluding hydrogens is 471 g/mol. The molecule has 2 atom stereocenters. The van der Waals surface area contributed by atoms with E-state index in [1.54, 1.807) is 18.2 Å². The molecule has 8 heteroatoms. The zero-order chi connectivity index (χ0) is 24.2. The van der Waals surface area contributed by atoms with Crippen LogP contribution in [0.2, 0.25) is 10.0 Å². The lowest BCUT2D eigenvalue weighted by atomic mass is 9.95. The Labute approximate surface area is 210 Å². The normalized spacial score (nSPS) is 17.0. The first-order valence-corrected chi connectivity index (χ1v) is 12.5. The van der Waals surface area contributed by atoms with Crippen LogP contribution in [-0.2, 0) is 11.3 Å². The number of nitrogens with zero attached hydrogens (tertiary/aromatic N) is 4. The predicted octanol–water partition coefficient (Wildman–Crippen LogP) is 6.40. The molecule has 6 nitrogen and oxygen atoms in total. The van der Waals surface area contributed by atoms with Crippen LogP contribution in [0.15, 0.2) is 47.0 Å². The number of rotatable bonds is 7. The third-order valence-corrected chi connectivity index (χ3v) is 7.07. The molecule has 1 aliphatic rings. The summed E-state index contributed by atoms with van der Waals surface area (Å²) >= 11 is 12.3. The van der Waals surface area contributed by atoms with Gasteiger partial charge in [0, 0.05) is 35.4 Å². The van der Waals surface area contributed by atoms with Crippen LogP contribution in [0.25, 0.3) is 11.4 Å². The van der Waals surface area contributed by atoms with Crippen LogP contribution in [-0.4, -0.2) is 40.1 Å². The summed E-state index contributed by atoms with van der Waals surface area (Å²) in [5.74, 6) is 0.838. The van der Waals surface area contributed by atoms with Crippen LogP contribution in [0, 0.1) is 12.8 Å². The minimum atomic E-state index is -0.0721. The molecule has 4 rings (SSSR count). The zero-order valence-electron chi connectivity index (χ0n) is 19.8. The molecule has 1 aromatic heterocycles. The number of benzene rings is 2. The van der Waals surface area contributed by atoms with Crippen molar-refractivity contribution in [3.8, 4) is 11.4 Å². The molecule has 0 saturated carbocycles. The Morgan fingerprint density at radius 3 is 2.71 bits per heavy atom. The monoisotopic (exact) mass is 500 g/mol. The Morgan fingerprint density at radius 2 is 2.00 bits per heavy atom. The summed E-state index contributed by atoms with van der Waals surface area (Å²) in [5, 5.41) is 5.08.